The van der Waals surface area contributed by atoms with Crippen molar-refractivity contribution in [2.45, 2.75) is 122 Å². The van der Waals surface area contributed by atoms with Crippen molar-refractivity contribution in [2.24, 2.45) is 5.41 Å². The molecule has 36 heavy (non-hydrogen) atoms. The number of unbranched alkanes of at least 4 members (excludes halogenated alkanes) is 9. The Labute approximate surface area is 221 Å². The molecule has 0 aliphatic heterocycles. The number of nitrogens with zero attached hydrogens (tertiary/aromatic N) is 1. The van der Waals surface area contributed by atoms with Gasteiger partial charge in [-0.15, -0.1) is 0 Å². The van der Waals surface area contributed by atoms with E-state index in [9.17, 15) is 5.26 Å². The van der Waals surface area contributed by atoms with Crippen LogP contribution in [-0.2, 0) is 0 Å². The number of hydrogen-bond donors (Lipinski definition) is 0. The van der Waals surface area contributed by atoms with Crippen molar-refractivity contribution in [1.82, 2.24) is 0 Å². The van der Waals surface area contributed by atoms with Crippen LogP contribution in [0.3, 0.4) is 0 Å². The van der Waals surface area contributed by atoms with Crippen LogP contribution in [0.4, 0.5) is 0 Å². The van der Waals surface area contributed by atoms with Gasteiger partial charge in [0.15, 0.2) is 0 Å². The standard InChI is InChI=1S/C34H49NO/c1-3-5-7-9-10-11-13-27-36-33-20-18-31(19-21-33)29-14-16-30(17-15-29)32-22-25-34(28-35,26-23-32)24-12-8-6-4-2/h14-21,32H,3-13,22-27H2,1-2H3. The molecule has 1 fully saturated rings. The highest BCUT2D eigenvalue weighted by Gasteiger charge is 2.35. The molecule has 1 aliphatic carbocycles. The maximum atomic E-state index is 9.89. The van der Waals surface area contributed by atoms with Gasteiger partial charge < -0.3 is 4.74 Å². The first-order chi connectivity index (χ1) is 17.7. The van der Waals surface area contributed by atoms with Crippen LogP contribution in [0.1, 0.15) is 128 Å². The van der Waals surface area contributed by atoms with Gasteiger partial charge in [0.2, 0.25) is 0 Å². The molecule has 1 saturated carbocycles. The summed E-state index contributed by atoms with van der Waals surface area (Å²) in [6.07, 6.45) is 19.7. The SMILES string of the molecule is CCCCCCCCCOc1ccc(-c2ccc(C3CCC(C#N)(CCCCCC)CC3)cc2)cc1. The fraction of sp³-hybridized carbons (Fsp3) is 0.618. The first-order valence-corrected chi connectivity index (χ1v) is 14.9. The second kappa shape index (κ2) is 15.8. The van der Waals surface area contributed by atoms with Crippen LogP contribution in [0.25, 0.3) is 11.1 Å². The van der Waals surface area contributed by atoms with Gasteiger partial charge >= 0.3 is 0 Å². The van der Waals surface area contributed by atoms with Gasteiger partial charge in [-0.25, -0.2) is 0 Å². The van der Waals surface area contributed by atoms with E-state index in [1.165, 1.54) is 80.9 Å². The Bertz CT molecular complexity index is 884. The molecule has 0 aromatic heterocycles. The van der Waals surface area contributed by atoms with Crippen molar-refractivity contribution >= 4 is 0 Å². The van der Waals surface area contributed by atoms with Crippen molar-refractivity contribution in [3.05, 3.63) is 54.1 Å². The van der Waals surface area contributed by atoms with Gasteiger partial charge in [0.05, 0.1) is 18.1 Å². The number of benzene rings is 2. The van der Waals surface area contributed by atoms with Crippen molar-refractivity contribution in [2.75, 3.05) is 6.61 Å². The van der Waals surface area contributed by atoms with Crippen LogP contribution in [0, 0.1) is 16.7 Å². The first-order valence-electron chi connectivity index (χ1n) is 14.9. The minimum atomic E-state index is -0.0668. The lowest BCUT2D eigenvalue weighted by molar-refractivity contribution is 0.223. The quantitative estimate of drug-likeness (QED) is 0.221. The molecular formula is C34H49NO. The summed E-state index contributed by atoms with van der Waals surface area (Å²) < 4.78 is 5.96. The van der Waals surface area contributed by atoms with E-state index in [0.29, 0.717) is 5.92 Å². The van der Waals surface area contributed by atoms with E-state index in [0.717, 1.165) is 50.9 Å². The van der Waals surface area contributed by atoms with Gasteiger partial charge in [0.25, 0.3) is 0 Å². The molecule has 2 nitrogen and oxygen atoms in total. The number of nitriles is 1. The Balaban J connectivity index is 1.42. The highest BCUT2D eigenvalue weighted by atomic mass is 16.5. The summed E-state index contributed by atoms with van der Waals surface area (Å²) in [5, 5.41) is 9.89. The summed E-state index contributed by atoms with van der Waals surface area (Å²) in [6, 6.07) is 20.4. The van der Waals surface area contributed by atoms with Gasteiger partial charge in [-0.2, -0.15) is 5.26 Å². The molecular weight excluding hydrogens is 438 g/mol. The minimum absolute atomic E-state index is 0.0668. The third-order valence-electron chi connectivity index (χ3n) is 8.28. The summed E-state index contributed by atoms with van der Waals surface area (Å²) in [4.78, 5) is 0. The molecule has 0 N–H and O–H groups in total. The summed E-state index contributed by atoms with van der Waals surface area (Å²) in [6.45, 7) is 5.33. The third-order valence-corrected chi connectivity index (χ3v) is 8.28. The average Bonchev–Trinajstić information content (AvgIpc) is 2.93. The summed E-state index contributed by atoms with van der Waals surface area (Å²) in [5.74, 6) is 1.57. The molecule has 0 heterocycles. The fourth-order valence-electron chi connectivity index (χ4n) is 5.75. The molecule has 3 rings (SSSR count). The van der Waals surface area contributed by atoms with E-state index in [2.05, 4.69) is 68.4 Å². The Hall–Kier alpha value is -2.27. The maximum absolute atomic E-state index is 9.89. The van der Waals surface area contributed by atoms with Gasteiger partial charge in [-0.05, 0) is 73.3 Å². The highest BCUT2D eigenvalue weighted by molar-refractivity contribution is 5.64. The van der Waals surface area contributed by atoms with Gasteiger partial charge in [0.1, 0.15) is 5.75 Å². The second-order valence-electron chi connectivity index (χ2n) is 11.1. The van der Waals surface area contributed by atoms with Gasteiger partial charge in [0, 0.05) is 0 Å². The lowest BCUT2D eigenvalue weighted by Crippen LogP contribution is -2.25. The largest absolute Gasteiger partial charge is 0.494 e. The van der Waals surface area contributed by atoms with Crippen LogP contribution in [0.2, 0.25) is 0 Å². The van der Waals surface area contributed by atoms with E-state index in [1.807, 2.05) is 0 Å². The van der Waals surface area contributed by atoms with Crippen LogP contribution < -0.4 is 4.74 Å². The number of ether oxygens (including phenoxy) is 1. The van der Waals surface area contributed by atoms with E-state index in [1.54, 1.807) is 0 Å². The Morgan fingerprint density at radius 3 is 1.83 bits per heavy atom. The van der Waals surface area contributed by atoms with Crippen molar-refractivity contribution in [3.8, 4) is 22.9 Å². The van der Waals surface area contributed by atoms with E-state index in [4.69, 9.17) is 4.74 Å². The molecule has 196 valence electrons. The topological polar surface area (TPSA) is 33.0 Å². The smallest absolute Gasteiger partial charge is 0.119 e. The molecule has 0 bridgehead atoms. The summed E-state index contributed by atoms with van der Waals surface area (Å²) >= 11 is 0. The van der Waals surface area contributed by atoms with Crippen molar-refractivity contribution in [1.29, 1.82) is 5.26 Å². The second-order valence-corrected chi connectivity index (χ2v) is 11.1. The zero-order valence-corrected chi connectivity index (χ0v) is 23.1. The van der Waals surface area contributed by atoms with E-state index in [-0.39, 0.29) is 5.41 Å². The monoisotopic (exact) mass is 487 g/mol. The average molecular weight is 488 g/mol. The van der Waals surface area contributed by atoms with Crippen LogP contribution in [0.5, 0.6) is 5.75 Å². The lowest BCUT2D eigenvalue weighted by Gasteiger charge is -2.35. The first kappa shape index (κ1) is 28.3. The minimum Gasteiger partial charge on any atom is -0.494 e. The highest BCUT2D eigenvalue weighted by Crippen LogP contribution is 2.45. The molecule has 0 radical (unpaired) electrons. The zero-order valence-electron chi connectivity index (χ0n) is 23.1. The van der Waals surface area contributed by atoms with Crippen LogP contribution in [-0.4, -0.2) is 6.61 Å². The molecule has 0 spiro atoms. The third kappa shape index (κ3) is 8.99. The van der Waals surface area contributed by atoms with E-state index < -0.39 is 0 Å². The predicted octanol–water partition coefficient (Wildman–Crippen LogP) is 10.6. The van der Waals surface area contributed by atoms with E-state index >= 15 is 0 Å². The van der Waals surface area contributed by atoms with Crippen LogP contribution in [0.15, 0.2) is 48.5 Å². The molecule has 0 saturated heterocycles. The summed E-state index contributed by atoms with van der Waals surface area (Å²) in [5.41, 5.74) is 3.87. The lowest BCUT2D eigenvalue weighted by atomic mass is 9.67. The molecule has 2 aromatic carbocycles. The zero-order chi connectivity index (χ0) is 25.5. The molecule has 0 amide bonds. The Kier molecular flexibility index (Phi) is 12.4. The molecule has 0 atom stereocenters. The number of hydrogen-bond acceptors (Lipinski definition) is 2. The van der Waals surface area contributed by atoms with Gasteiger partial charge in [-0.1, -0.05) is 114 Å². The maximum Gasteiger partial charge on any atom is 0.119 e. The molecule has 0 unspecified atom stereocenters. The fourth-order valence-corrected chi connectivity index (χ4v) is 5.75. The molecule has 2 aromatic rings. The Morgan fingerprint density at radius 2 is 1.25 bits per heavy atom. The molecule has 1 aliphatic rings. The molecule has 2 heteroatoms. The predicted molar refractivity (Wildman–Crippen MR) is 153 cm³/mol. The normalized spacial score (nSPS) is 19.6. The Morgan fingerprint density at radius 1 is 0.722 bits per heavy atom. The van der Waals surface area contributed by atoms with Gasteiger partial charge in [-0.3, -0.25) is 0 Å². The van der Waals surface area contributed by atoms with Crippen molar-refractivity contribution in [3.63, 3.8) is 0 Å². The summed E-state index contributed by atoms with van der Waals surface area (Å²) in [7, 11) is 0. The number of rotatable bonds is 16. The van der Waals surface area contributed by atoms with Crippen molar-refractivity contribution < 1.29 is 4.74 Å². The van der Waals surface area contributed by atoms with Crippen LogP contribution >= 0.6 is 0 Å².